The van der Waals surface area contributed by atoms with Crippen LogP contribution >= 0.6 is 0 Å². The third-order valence-corrected chi connectivity index (χ3v) is 2.97. The Morgan fingerprint density at radius 1 is 1.10 bits per heavy atom. The van der Waals surface area contributed by atoms with Gasteiger partial charge in [-0.15, -0.1) is 0 Å². The van der Waals surface area contributed by atoms with Gasteiger partial charge in [-0.3, -0.25) is 4.79 Å². The summed E-state index contributed by atoms with van der Waals surface area (Å²) in [5.41, 5.74) is 3.35. The molecule has 3 rings (SSSR count). The maximum absolute atomic E-state index is 12.1. The zero-order valence-corrected chi connectivity index (χ0v) is 10.5. The number of hydrogen-bond donors (Lipinski definition) is 3. The summed E-state index contributed by atoms with van der Waals surface area (Å²) in [5.74, 6) is -0.216. The number of H-pyrrole nitrogens is 1. The first-order valence-electron chi connectivity index (χ1n) is 6.08. The first-order valence-corrected chi connectivity index (χ1v) is 6.08. The topological polar surface area (TPSA) is 90.9 Å². The van der Waals surface area contributed by atoms with E-state index in [0.717, 1.165) is 5.56 Å². The van der Waals surface area contributed by atoms with Crippen LogP contribution in [0.15, 0.2) is 42.5 Å². The smallest absolute Gasteiger partial charge is 0.255 e. The lowest BCUT2D eigenvalue weighted by atomic mass is 10.1. The number of aromatic amines is 1. The van der Waals surface area contributed by atoms with Crippen molar-refractivity contribution < 1.29 is 9.90 Å². The van der Waals surface area contributed by atoms with Crippen LogP contribution < -0.4 is 5.32 Å². The summed E-state index contributed by atoms with van der Waals surface area (Å²) in [6.45, 7) is -0.0168. The predicted octanol–water partition coefficient (Wildman–Crippen LogP) is 1.70. The Morgan fingerprint density at radius 3 is 2.60 bits per heavy atom. The molecule has 0 aliphatic carbocycles. The molecule has 6 nitrogen and oxygen atoms in total. The molecule has 0 saturated heterocycles. The van der Waals surface area contributed by atoms with Gasteiger partial charge in [-0.25, -0.2) is 0 Å². The minimum absolute atomic E-state index is 0.0168. The molecule has 0 aliphatic rings. The molecule has 1 aromatic heterocycles. The average molecular weight is 268 g/mol. The first kappa shape index (κ1) is 12.3. The molecule has 20 heavy (non-hydrogen) atoms. The van der Waals surface area contributed by atoms with Gasteiger partial charge in [-0.1, -0.05) is 12.1 Å². The van der Waals surface area contributed by atoms with E-state index in [1.807, 2.05) is 0 Å². The summed E-state index contributed by atoms with van der Waals surface area (Å²) in [5, 5.41) is 22.1. The Balaban J connectivity index is 1.80. The number of hydrogen-bond acceptors (Lipinski definition) is 4. The fourth-order valence-corrected chi connectivity index (χ4v) is 1.88. The fraction of sp³-hybridized carbons (Fsp3) is 0.0714. The van der Waals surface area contributed by atoms with Gasteiger partial charge in [0.15, 0.2) is 0 Å². The third-order valence-electron chi connectivity index (χ3n) is 2.97. The van der Waals surface area contributed by atoms with Gasteiger partial charge in [0, 0.05) is 11.3 Å². The Morgan fingerprint density at radius 2 is 1.85 bits per heavy atom. The number of rotatable bonds is 3. The highest BCUT2D eigenvalue weighted by Gasteiger charge is 2.08. The maximum Gasteiger partial charge on any atom is 0.255 e. The van der Waals surface area contributed by atoms with Crippen molar-refractivity contribution in [2.75, 3.05) is 5.32 Å². The number of carbonyl (C=O) groups is 1. The van der Waals surface area contributed by atoms with Gasteiger partial charge in [-0.05, 0) is 35.9 Å². The van der Waals surface area contributed by atoms with Crippen molar-refractivity contribution >= 4 is 22.6 Å². The van der Waals surface area contributed by atoms with Gasteiger partial charge in [-0.2, -0.15) is 15.4 Å². The minimum atomic E-state index is -0.216. The van der Waals surface area contributed by atoms with Crippen molar-refractivity contribution in [3.63, 3.8) is 0 Å². The Labute approximate surface area is 114 Å². The number of nitrogens with zero attached hydrogens (tertiary/aromatic N) is 2. The standard InChI is InChI=1S/C14H12N4O2/c19-8-9-1-4-11(5-2-9)15-14(20)10-3-6-12-13(7-10)17-18-16-12/h1-7,19H,8H2,(H,15,20)(H,16,17,18). The quantitative estimate of drug-likeness (QED) is 0.674. The number of benzene rings is 2. The normalized spacial score (nSPS) is 10.7. The molecule has 1 heterocycles. The molecule has 3 N–H and O–H groups in total. The second-order valence-corrected chi connectivity index (χ2v) is 4.34. The lowest BCUT2D eigenvalue weighted by Crippen LogP contribution is -2.11. The van der Waals surface area contributed by atoms with E-state index in [-0.39, 0.29) is 12.5 Å². The molecule has 0 bridgehead atoms. The summed E-state index contributed by atoms with van der Waals surface area (Å²) in [7, 11) is 0. The van der Waals surface area contributed by atoms with Crippen LogP contribution in [-0.2, 0) is 6.61 Å². The van der Waals surface area contributed by atoms with Crippen LogP contribution in [0.1, 0.15) is 15.9 Å². The van der Waals surface area contributed by atoms with Crippen LogP contribution in [0.3, 0.4) is 0 Å². The zero-order valence-electron chi connectivity index (χ0n) is 10.5. The Kier molecular flexibility index (Phi) is 3.14. The highest BCUT2D eigenvalue weighted by molar-refractivity contribution is 6.05. The van der Waals surface area contributed by atoms with E-state index in [2.05, 4.69) is 20.7 Å². The monoisotopic (exact) mass is 268 g/mol. The maximum atomic E-state index is 12.1. The van der Waals surface area contributed by atoms with E-state index in [1.165, 1.54) is 0 Å². The third kappa shape index (κ3) is 2.36. The highest BCUT2D eigenvalue weighted by atomic mass is 16.3. The predicted molar refractivity (Wildman–Crippen MR) is 74.2 cm³/mol. The van der Waals surface area contributed by atoms with Crippen molar-refractivity contribution in [1.29, 1.82) is 0 Å². The molecule has 0 fully saturated rings. The van der Waals surface area contributed by atoms with Crippen molar-refractivity contribution in [2.45, 2.75) is 6.61 Å². The number of aliphatic hydroxyl groups is 1. The number of anilines is 1. The second kappa shape index (κ2) is 5.10. The van der Waals surface area contributed by atoms with E-state index >= 15 is 0 Å². The van der Waals surface area contributed by atoms with Crippen LogP contribution in [-0.4, -0.2) is 26.4 Å². The second-order valence-electron chi connectivity index (χ2n) is 4.34. The average Bonchev–Trinajstić information content (AvgIpc) is 2.95. The molecule has 2 aromatic carbocycles. The lowest BCUT2D eigenvalue weighted by molar-refractivity contribution is 0.102. The summed E-state index contributed by atoms with van der Waals surface area (Å²) < 4.78 is 0. The Hall–Kier alpha value is -2.73. The molecule has 0 unspecified atom stereocenters. The summed E-state index contributed by atoms with van der Waals surface area (Å²) in [4.78, 5) is 12.1. The SMILES string of the molecule is O=C(Nc1ccc(CO)cc1)c1ccc2n[nH]nc2c1. The fourth-order valence-electron chi connectivity index (χ4n) is 1.88. The van der Waals surface area contributed by atoms with Crippen molar-refractivity contribution in [3.8, 4) is 0 Å². The number of aromatic nitrogens is 3. The van der Waals surface area contributed by atoms with E-state index in [1.54, 1.807) is 42.5 Å². The van der Waals surface area contributed by atoms with Crippen molar-refractivity contribution in [3.05, 3.63) is 53.6 Å². The van der Waals surface area contributed by atoms with Crippen molar-refractivity contribution in [1.82, 2.24) is 15.4 Å². The summed E-state index contributed by atoms with van der Waals surface area (Å²) in [6, 6.07) is 12.1. The number of nitrogens with one attached hydrogen (secondary N) is 2. The molecule has 3 aromatic rings. The molecular weight excluding hydrogens is 256 g/mol. The van der Waals surface area contributed by atoms with Gasteiger partial charge in [0.1, 0.15) is 11.0 Å². The van der Waals surface area contributed by atoms with Crippen LogP contribution in [0.2, 0.25) is 0 Å². The van der Waals surface area contributed by atoms with E-state index in [4.69, 9.17) is 5.11 Å². The van der Waals surface area contributed by atoms with E-state index in [0.29, 0.717) is 22.3 Å². The number of carbonyl (C=O) groups excluding carboxylic acids is 1. The Bertz CT molecular complexity index is 749. The van der Waals surface area contributed by atoms with Gasteiger partial charge >= 0.3 is 0 Å². The minimum Gasteiger partial charge on any atom is -0.392 e. The zero-order chi connectivity index (χ0) is 13.9. The van der Waals surface area contributed by atoms with Crippen molar-refractivity contribution in [2.24, 2.45) is 0 Å². The molecule has 0 radical (unpaired) electrons. The molecule has 0 saturated carbocycles. The van der Waals surface area contributed by atoms with Gasteiger partial charge in [0.2, 0.25) is 0 Å². The number of fused-ring (bicyclic) bond motifs is 1. The molecule has 0 spiro atoms. The molecule has 1 amide bonds. The molecule has 100 valence electrons. The molecule has 6 heteroatoms. The number of amides is 1. The highest BCUT2D eigenvalue weighted by Crippen LogP contribution is 2.14. The molecular formula is C14H12N4O2. The number of aliphatic hydroxyl groups excluding tert-OH is 1. The van der Waals surface area contributed by atoms with Crippen LogP contribution in [0.25, 0.3) is 11.0 Å². The summed E-state index contributed by atoms with van der Waals surface area (Å²) in [6.07, 6.45) is 0. The van der Waals surface area contributed by atoms with Crippen LogP contribution in [0.5, 0.6) is 0 Å². The molecule has 0 aliphatic heterocycles. The van der Waals surface area contributed by atoms with E-state index in [9.17, 15) is 4.79 Å². The lowest BCUT2D eigenvalue weighted by Gasteiger charge is -2.05. The van der Waals surface area contributed by atoms with Crippen LogP contribution in [0, 0.1) is 0 Å². The summed E-state index contributed by atoms with van der Waals surface area (Å²) >= 11 is 0. The van der Waals surface area contributed by atoms with Gasteiger partial charge in [0.05, 0.1) is 6.61 Å². The van der Waals surface area contributed by atoms with Crippen LogP contribution in [0.4, 0.5) is 5.69 Å². The largest absolute Gasteiger partial charge is 0.392 e. The molecule has 0 atom stereocenters. The van der Waals surface area contributed by atoms with E-state index < -0.39 is 0 Å². The van der Waals surface area contributed by atoms with Gasteiger partial charge < -0.3 is 10.4 Å². The first-order chi connectivity index (χ1) is 9.76. The van der Waals surface area contributed by atoms with Gasteiger partial charge in [0.25, 0.3) is 5.91 Å².